The summed E-state index contributed by atoms with van der Waals surface area (Å²) in [7, 11) is 0. The van der Waals surface area contributed by atoms with Crippen LogP contribution in [0.15, 0.2) is 0 Å². The number of ether oxygens (including phenoxy) is 2. The first-order chi connectivity index (χ1) is 6.22. The lowest BCUT2D eigenvalue weighted by Crippen LogP contribution is -2.41. The van der Waals surface area contributed by atoms with Gasteiger partial charge in [0.15, 0.2) is 0 Å². The number of nitrogens with one attached hydrogen (secondary N) is 1. The average Bonchev–Trinajstić information content (AvgIpc) is 2.07. The van der Waals surface area contributed by atoms with Crippen LogP contribution in [0, 0.1) is 0 Å². The molecule has 0 amide bonds. The molecule has 1 heterocycles. The second-order valence-electron chi connectivity index (χ2n) is 3.34. The number of hydrogen-bond donors (Lipinski definition) is 1. The van der Waals surface area contributed by atoms with Gasteiger partial charge in [0.1, 0.15) is 6.10 Å². The molecule has 0 aromatic heterocycles. The maximum Gasteiger partial charge on any atom is 0.320 e. The maximum absolute atomic E-state index is 11.1. The maximum atomic E-state index is 11.1. The average molecular weight is 187 g/mol. The SMILES string of the molecule is CCC(C)NCC(=O)OC1COC1. The Morgan fingerprint density at radius 3 is 2.85 bits per heavy atom. The Morgan fingerprint density at radius 2 is 2.38 bits per heavy atom. The molecule has 0 bridgehead atoms. The monoisotopic (exact) mass is 187 g/mol. The molecule has 1 N–H and O–H groups in total. The summed E-state index contributed by atoms with van der Waals surface area (Å²) in [4.78, 5) is 11.1. The Morgan fingerprint density at radius 1 is 1.69 bits per heavy atom. The lowest BCUT2D eigenvalue weighted by molar-refractivity contribution is -0.171. The van der Waals surface area contributed by atoms with Gasteiger partial charge in [0.2, 0.25) is 0 Å². The zero-order valence-electron chi connectivity index (χ0n) is 8.21. The third kappa shape index (κ3) is 3.74. The van der Waals surface area contributed by atoms with Gasteiger partial charge in [-0.25, -0.2) is 0 Å². The van der Waals surface area contributed by atoms with Gasteiger partial charge in [-0.3, -0.25) is 4.79 Å². The van der Waals surface area contributed by atoms with E-state index in [2.05, 4.69) is 12.2 Å². The zero-order chi connectivity index (χ0) is 9.68. The molecule has 0 radical (unpaired) electrons. The fourth-order valence-corrected chi connectivity index (χ4v) is 0.912. The molecule has 1 atom stereocenters. The summed E-state index contributed by atoms with van der Waals surface area (Å²) in [6, 6.07) is 0.366. The number of carbonyl (C=O) groups is 1. The van der Waals surface area contributed by atoms with Crippen molar-refractivity contribution in [3.8, 4) is 0 Å². The van der Waals surface area contributed by atoms with Crippen molar-refractivity contribution >= 4 is 5.97 Å². The van der Waals surface area contributed by atoms with E-state index in [1.807, 2.05) is 6.92 Å². The van der Waals surface area contributed by atoms with E-state index < -0.39 is 0 Å². The van der Waals surface area contributed by atoms with Gasteiger partial charge >= 0.3 is 5.97 Å². The summed E-state index contributed by atoms with van der Waals surface area (Å²) < 4.78 is 9.94. The topological polar surface area (TPSA) is 47.6 Å². The van der Waals surface area contributed by atoms with Crippen molar-refractivity contribution in [3.63, 3.8) is 0 Å². The molecule has 0 spiro atoms. The van der Waals surface area contributed by atoms with Crippen molar-refractivity contribution < 1.29 is 14.3 Å². The predicted molar refractivity (Wildman–Crippen MR) is 48.5 cm³/mol. The van der Waals surface area contributed by atoms with E-state index >= 15 is 0 Å². The second kappa shape index (κ2) is 5.19. The van der Waals surface area contributed by atoms with Gasteiger partial charge < -0.3 is 14.8 Å². The van der Waals surface area contributed by atoms with E-state index in [1.165, 1.54) is 0 Å². The third-order valence-corrected chi connectivity index (χ3v) is 2.11. The van der Waals surface area contributed by atoms with Gasteiger partial charge in [-0.1, -0.05) is 6.92 Å². The quantitative estimate of drug-likeness (QED) is 0.629. The normalized spacial score (nSPS) is 19.2. The van der Waals surface area contributed by atoms with E-state index in [0.717, 1.165) is 6.42 Å². The van der Waals surface area contributed by atoms with Crippen LogP contribution in [0.2, 0.25) is 0 Å². The molecule has 1 aliphatic rings. The molecule has 4 nitrogen and oxygen atoms in total. The molecule has 1 fully saturated rings. The fraction of sp³-hybridized carbons (Fsp3) is 0.889. The minimum absolute atomic E-state index is 0.00812. The van der Waals surface area contributed by atoms with Gasteiger partial charge in [0.25, 0.3) is 0 Å². The first-order valence-electron chi connectivity index (χ1n) is 4.73. The Labute approximate surface area is 78.6 Å². The van der Waals surface area contributed by atoms with Crippen molar-refractivity contribution in [3.05, 3.63) is 0 Å². The molecule has 1 rings (SSSR count). The highest BCUT2D eigenvalue weighted by molar-refractivity contribution is 5.71. The molecule has 0 aliphatic carbocycles. The Bertz CT molecular complexity index is 168. The molecular formula is C9H17NO3. The molecule has 0 aromatic carbocycles. The lowest BCUT2D eigenvalue weighted by atomic mass is 10.2. The van der Waals surface area contributed by atoms with Gasteiger partial charge in [0, 0.05) is 6.04 Å². The third-order valence-electron chi connectivity index (χ3n) is 2.11. The molecule has 0 aromatic rings. The van der Waals surface area contributed by atoms with Gasteiger partial charge in [-0.2, -0.15) is 0 Å². The summed E-state index contributed by atoms with van der Waals surface area (Å²) in [6.07, 6.45) is 1.01. The van der Waals surface area contributed by atoms with Crippen LogP contribution in [0.3, 0.4) is 0 Å². The smallest absolute Gasteiger partial charge is 0.320 e. The lowest BCUT2D eigenvalue weighted by Gasteiger charge is -2.25. The molecule has 1 saturated heterocycles. The summed E-state index contributed by atoms with van der Waals surface area (Å²) in [6.45, 7) is 5.51. The van der Waals surface area contributed by atoms with E-state index in [9.17, 15) is 4.79 Å². The van der Waals surface area contributed by atoms with E-state index in [0.29, 0.717) is 25.8 Å². The highest BCUT2D eigenvalue weighted by Crippen LogP contribution is 2.04. The Kier molecular flexibility index (Phi) is 4.18. The van der Waals surface area contributed by atoms with Crippen molar-refractivity contribution in [2.75, 3.05) is 19.8 Å². The van der Waals surface area contributed by atoms with Crippen LogP contribution in [0.5, 0.6) is 0 Å². The molecule has 76 valence electrons. The summed E-state index contributed by atoms with van der Waals surface area (Å²) in [5, 5.41) is 3.07. The minimum Gasteiger partial charge on any atom is -0.456 e. The summed E-state index contributed by atoms with van der Waals surface area (Å²) >= 11 is 0. The number of rotatable bonds is 5. The summed E-state index contributed by atoms with van der Waals surface area (Å²) in [5.74, 6) is -0.186. The number of hydrogen-bond acceptors (Lipinski definition) is 4. The number of esters is 1. The van der Waals surface area contributed by atoms with Crippen molar-refractivity contribution in [2.24, 2.45) is 0 Å². The molecule has 1 unspecified atom stereocenters. The first-order valence-corrected chi connectivity index (χ1v) is 4.73. The zero-order valence-corrected chi connectivity index (χ0v) is 8.21. The van der Waals surface area contributed by atoms with Gasteiger partial charge in [-0.05, 0) is 13.3 Å². The highest BCUT2D eigenvalue weighted by Gasteiger charge is 2.22. The molecule has 1 aliphatic heterocycles. The predicted octanol–water partition coefficient (Wildman–Crippen LogP) is 0.316. The number of carbonyl (C=O) groups excluding carboxylic acids is 1. The van der Waals surface area contributed by atoms with Gasteiger partial charge in [-0.15, -0.1) is 0 Å². The van der Waals surface area contributed by atoms with Crippen LogP contribution < -0.4 is 5.32 Å². The molecule has 0 saturated carbocycles. The Balaban J connectivity index is 2.03. The van der Waals surface area contributed by atoms with Crippen molar-refractivity contribution in [1.29, 1.82) is 0 Å². The standard InChI is InChI=1S/C9H17NO3/c1-3-7(2)10-4-9(11)13-8-5-12-6-8/h7-8,10H,3-6H2,1-2H3. The van der Waals surface area contributed by atoms with Crippen molar-refractivity contribution in [1.82, 2.24) is 5.32 Å². The Hall–Kier alpha value is -0.610. The van der Waals surface area contributed by atoms with Crippen LogP contribution in [-0.2, 0) is 14.3 Å². The fourth-order valence-electron chi connectivity index (χ4n) is 0.912. The van der Waals surface area contributed by atoms with E-state index in [1.54, 1.807) is 0 Å². The van der Waals surface area contributed by atoms with Crippen LogP contribution >= 0.6 is 0 Å². The van der Waals surface area contributed by atoms with Crippen LogP contribution in [-0.4, -0.2) is 37.9 Å². The van der Waals surface area contributed by atoms with Crippen LogP contribution in [0.4, 0.5) is 0 Å². The highest BCUT2D eigenvalue weighted by atomic mass is 16.6. The van der Waals surface area contributed by atoms with Crippen LogP contribution in [0.1, 0.15) is 20.3 Å². The van der Waals surface area contributed by atoms with E-state index in [4.69, 9.17) is 9.47 Å². The largest absolute Gasteiger partial charge is 0.456 e. The second-order valence-corrected chi connectivity index (χ2v) is 3.34. The molecular weight excluding hydrogens is 170 g/mol. The first kappa shape index (κ1) is 10.5. The van der Waals surface area contributed by atoms with Crippen LogP contribution in [0.25, 0.3) is 0 Å². The molecule has 4 heteroatoms. The minimum atomic E-state index is -0.186. The van der Waals surface area contributed by atoms with Gasteiger partial charge in [0.05, 0.1) is 19.8 Å². The van der Waals surface area contributed by atoms with Crippen molar-refractivity contribution in [2.45, 2.75) is 32.4 Å². The molecule has 13 heavy (non-hydrogen) atoms. The summed E-state index contributed by atoms with van der Waals surface area (Å²) in [5.41, 5.74) is 0. The van der Waals surface area contributed by atoms with E-state index in [-0.39, 0.29) is 12.1 Å².